The Hall–Kier alpha value is -5.88. The molecule has 7 aromatic rings. The van der Waals surface area contributed by atoms with E-state index >= 15 is 0 Å². The summed E-state index contributed by atoms with van der Waals surface area (Å²) in [4.78, 5) is 58.3. The van der Waals surface area contributed by atoms with Crippen LogP contribution in [-0.4, -0.2) is 23.6 Å². The summed E-state index contributed by atoms with van der Waals surface area (Å²) in [6.45, 7) is 3.77. The SMILES string of the molecule is Cc1ccccc1N1C(=O)c2ccc3c4ccc5c6c(ccc(c7ccc(c2c37)C1=O)c64)C(=O)N(c1ccccc1C)C5=O. The van der Waals surface area contributed by atoms with Crippen molar-refractivity contribution < 1.29 is 19.2 Å². The lowest BCUT2D eigenvalue weighted by Crippen LogP contribution is -2.41. The molecule has 0 N–H and O–H groups in total. The van der Waals surface area contributed by atoms with Crippen molar-refractivity contribution in [2.45, 2.75) is 13.8 Å². The van der Waals surface area contributed by atoms with Crippen molar-refractivity contribution in [2.75, 3.05) is 9.80 Å². The first-order valence-electron chi connectivity index (χ1n) is 14.5. The number of carbonyl (C=O) groups excluding carboxylic acids is 4. The van der Waals surface area contributed by atoms with Gasteiger partial charge < -0.3 is 0 Å². The van der Waals surface area contributed by atoms with E-state index in [0.29, 0.717) is 44.4 Å². The standard InChI is InChI=1S/C38H22N2O4/c1-19-7-3-5-9-29(19)39-35(41)25-15-11-21-23-13-17-27-34-28(38(44)40(37(27)43)30-10-6-4-8-20(30)2)18-14-24(32(23)34)22-12-16-26(36(39)42)33(25)31(21)22/h3-18H,1-2H3. The molecule has 0 bridgehead atoms. The van der Waals surface area contributed by atoms with Gasteiger partial charge in [0.2, 0.25) is 0 Å². The van der Waals surface area contributed by atoms with E-state index in [-0.39, 0.29) is 23.6 Å². The van der Waals surface area contributed by atoms with E-state index in [0.717, 1.165) is 43.4 Å². The van der Waals surface area contributed by atoms with Gasteiger partial charge in [0.1, 0.15) is 0 Å². The highest BCUT2D eigenvalue weighted by Crippen LogP contribution is 2.47. The van der Waals surface area contributed by atoms with Crippen molar-refractivity contribution in [3.8, 4) is 0 Å². The van der Waals surface area contributed by atoms with E-state index in [2.05, 4.69) is 0 Å². The van der Waals surface area contributed by atoms with Gasteiger partial charge in [-0.1, -0.05) is 60.7 Å². The monoisotopic (exact) mass is 570 g/mol. The molecule has 2 aliphatic heterocycles. The maximum absolute atomic E-state index is 13.9. The highest BCUT2D eigenvalue weighted by atomic mass is 16.2. The summed E-state index contributed by atoms with van der Waals surface area (Å²) in [7, 11) is 0. The van der Waals surface area contributed by atoms with E-state index < -0.39 is 0 Å². The Labute approximate surface area is 251 Å². The number of fused-ring (bicyclic) bond motifs is 2. The van der Waals surface area contributed by atoms with Crippen LogP contribution in [0.2, 0.25) is 0 Å². The largest absolute Gasteiger partial charge is 0.268 e. The van der Waals surface area contributed by atoms with Gasteiger partial charge in [-0.3, -0.25) is 19.2 Å². The molecule has 0 unspecified atom stereocenters. The van der Waals surface area contributed by atoms with Crippen molar-refractivity contribution in [3.63, 3.8) is 0 Å². The molecule has 0 radical (unpaired) electrons. The fourth-order valence-electron chi connectivity index (χ4n) is 7.33. The van der Waals surface area contributed by atoms with Crippen LogP contribution in [0, 0.1) is 13.8 Å². The van der Waals surface area contributed by atoms with E-state index in [4.69, 9.17) is 0 Å². The molecule has 0 aromatic heterocycles. The molecule has 208 valence electrons. The van der Waals surface area contributed by atoms with Crippen LogP contribution in [0.5, 0.6) is 0 Å². The van der Waals surface area contributed by atoms with Crippen LogP contribution in [0.15, 0.2) is 97.1 Å². The van der Waals surface area contributed by atoms with E-state index in [1.54, 1.807) is 36.4 Å². The molecule has 6 nitrogen and oxygen atoms in total. The Morgan fingerprint density at radius 3 is 0.955 bits per heavy atom. The Bertz CT molecular complexity index is 2220. The van der Waals surface area contributed by atoms with Crippen LogP contribution in [0.25, 0.3) is 43.1 Å². The number of nitrogens with zero attached hydrogens (tertiary/aromatic N) is 2. The van der Waals surface area contributed by atoms with E-state index in [1.807, 2.05) is 74.5 Å². The van der Waals surface area contributed by atoms with Crippen LogP contribution in [-0.2, 0) is 0 Å². The van der Waals surface area contributed by atoms with Gasteiger partial charge in [0, 0.05) is 33.0 Å². The molecule has 2 heterocycles. The molecule has 9 rings (SSSR count). The average molecular weight is 571 g/mol. The summed E-state index contributed by atoms with van der Waals surface area (Å²) in [6.07, 6.45) is 0. The summed E-state index contributed by atoms with van der Waals surface area (Å²) >= 11 is 0. The van der Waals surface area contributed by atoms with Gasteiger partial charge in [-0.25, -0.2) is 9.80 Å². The maximum Gasteiger partial charge on any atom is 0.265 e. The minimum atomic E-state index is -0.357. The molecule has 0 saturated carbocycles. The smallest absolute Gasteiger partial charge is 0.265 e. The molecule has 0 fully saturated rings. The third kappa shape index (κ3) is 2.89. The third-order valence-corrected chi connectivity index (χ3v) is 9.35. The van der Waals surface area contributed by atoms with E-state index in [9.17, 15) is 19.2 Å². The first-order valence-corrected chi connectivity index (χ1v) is 14.5. The molecular formula is C38H22N2O4. The number of para-hydroxylation sites is 2. The second-order valence-corrected chi connectivity index (χ2v) is 11.6. The van der Waals surface area contributed by atoms with Crippen LogP contribution in [0.1, 0.15) is 52.6 Å². The van der Waals surface area contributed by atoms with Crippen LogP contribution < -0.4 is 9.80 Å². The third-order valence-electron chi connectivity index (χ3n) is 9.35. The van der Waals surface area contributed by atoms with Crippen LogP contribution >= 0.6 is 0 Å². The lowest BCUT2D eigenvalue weighted by atomic mass is 9.82. The van der Waals surface area contributed by atoms with Crippen molar-refractivity contribution in [3.05, 3.63) is 130 Å². The predicted octanol–water partition coefficient (Wildman–Crippen LogP) is 7.96. The Morgan fingerprint density at radius 1 is 0.364 bits per heavy atom. The number of anilines is 2. The molecule has 0 saturated heterocycles. The number of rotatable bonds is 2. The number of amides is 4. The van der Waals surface area contributed by atoms with Crippen molar-refractivity contribution in [1.82, 2.24) is 0 Å². The van der Waals surface area contributed by atoms with Gasteiger partial charge in [-0.15, -0.1) is 0 Å². The van der Waals surface area contributed by atoms with Crippen molar-refractivity contribution in [2.24, 2.45) is 0 Å². The summed E-state index contributed by atoms with van der Waals surface area (Å²) in [5.41, 5.74) is 4.69. The number of hydrogen-bond acceptors (Lipinski definition) is 4. The molecule has 4 amide bonds. The summed E-state index contributed by atoms with van der Waals surface area (Å²) in [5, 5.41) is 6.39. The van der Waals surface area contributed by atoms with Gasteiger partial charge >= 0.3 is 0 Å². The van der Waals surface area contributed by atoms with Gasteiger partial charge in [-0.2, -0.15) is 0 Å². The zero-order valence-corrected chi connectivity index (χ0v) is 23.8. The minimum Gasteiger partial charge on any atom is -0.268 e. The minimum absolute atomic E-state index is 0.357. The number of imide groups is 2. The highest BCUT2D eigenvalue weighted by molar-refractivity contribution is 6.45. The summed E-state index contributed by atoms with van der Waals surface area (Å²) in [6, 6.07) is 29.6. The quantitative estimate of drug-likeness (QED) is 0.120. The van der Waals surface area contributed by atoms with Crippen LogP contribution in [0.3, 0.4) is 0 Å². The molecule has 0 atom stereocenters. The summed E-state index contributed by atoms with van der Waals surface area (Å²) in [5.74, 6) is -1.43. The number of carbonyl (C=O) groups is 4. The Morgan fingerprint density at radius 2 is 0.659 bits per heavy atom. The first-order chi connectivity index (χ1) is 21.4. The second kappa shape index (κ2) is 8.36. The molecular weight excluding hydrogens is 548 g/mol. The zero-order valence-electron chi connectivity index (χ0n) is 23.8. The van der Waals surface area contributed by atoms with Crippen molar-refractivity contribution in [1.29, 1.82) is 0 Å². The second-order valence-electron chi connectivity index (χ2n) is 11.6. The fourth-order valence-corrected chi connectivity index (χ4v) is 7.33. The van der Waals surface area contributed by atoms with Gasteiger partial charge in [-0.05, 0) is 93.7 Å². The molecule has 0 spiro atoms. The average Bonchev–Trinajstić information content (AvgIpc) is 3.03. The maximum atomic E-state index is 13.9. The molecule has 7 aromatic carbocycles. The van der Waals surface area contributed by atoms with Gasteiger partial charge in [0.25, 0.3) is 23.6 Å². The molecule has 6 heteroatoms. The Kier molecular flexibility index (Phi) is 4.69. The van der Waals surface area contributed by atoms with E-state index in [1.165, 1.54) is 9.80 Å². The summed E-state index contributed by atoms with van der Waals surface area (Å²) < 4.78 is 0. The molecule has 2 aliphatic rings. The van der Waals surface area contributed by atoms with Gasteiger partial charge in [0.05, 0.1) is 11.4 Å². The van der Waals surface area contributed by atoms with Gasteiger partial charge in [0.15, 0.2) is 0 Å². The van der Waals surface area contributed by atoms with Crippen LogP contribution in [0.4, 0.5) is 11.4 Å². The lowest BCUT2D eigenvalue weighted by molar-refractivity contribution is 0.0877. The fraction of sp³-hybridized carbons (Fsp3) is 0.0526. The Balaban J connectivity index is 1.33. The normalized spacial score (nSPS) is 14.7. The topological polar surface area (TPSA) is 74.8 Å². The highest BCUT2D eigenvalue weighted by Gasteiger charge is 2.38. The number of hydrogen-bond donors (Lipinski definition) is 0. The molecule has 44 heavy (non-hydrogen) atoms. The molecule has 0 aliphatic carbocycles. The number of benzene rings is 7. The van der Waals surface area contributed by atoms with Crippen molar-refractivity contribution >= 4 is 78.1 Å². The zero-order chi connectivity index (χ0) is 30.0. The number of aryl methyl sites for hydroxylation is 2. The predicted molar refractivity (Wildman–Crippen MR) is 172 cm³/mol. The lowest BCUT2D eigenvalue weighted by Gasteiger charge is -2.31. The first kappa shape index (κ1) is 24.7.